The fraction of sp³-hybridized carbons (Fsp3) is 0.308. The lowest BCUT2D eigenvalue weighted by Gasteiger charge is -2.08. The summed E-state index contributed by atoms with van der Waals surface area (Å²) in [6.07, 6.45) is 1.80. The van der Waals surface area contributed by atoms with E-state index in [1.54, 1.807) is 10.9 Å². The summed E-state index contributed by atoms with van der Waals surface area (Å²) in [6.45, 7) is 5.92. The molecule has 0 amide bonds. The van der Waals surface area contributed by atoms with Gasteiger partial charge in [0.2, 0.25) is 0 Å². The smallest absolute Gasteiger partial charge is 0.0911 e. The average molecular weight is 307 g/mol. The molecule has 4 nitrogen and oxygen atoms in total. The van der Waals surface area contributed by atoms with Gasteiger partial charge in [-0.05, 0) is 54.4 Å². The largest absolute Gasteiger partial charge is 0.260 e. The standard InChI is InChI=1S/C13H15BrN4/c1-5-15-12-8(2)6-10(7-11(12)14)13-9(3)16-17-18(13)4/h5-7H,1-4H3/b15-5-. The predicted octanol–water partition coefficient (Wildman–Crippen LogP) is 3.58. The van der Waals surface area contributed by atoms with Crippen LogP contribution in [0.1, 0.15) is 18.2 Å². The van der Waals surface area contributed by atoms with Crippen LogP contribution in [0.3, 0.4) is 0 Å². The van der Waals surface area contributed by atoms with Crippen molar-refractivity contribution in [2.24, 2.45) is 12.0 Å². The maximum absolute atomic E-state index is 4.36. The van der Waals surface area contributed by atoms with Crippen LogP contribution in [0, 0.1) is 13.8 Å². The number of halogens is 1. The van der Waals surface area contributed by atoms with Crippen molar-refractivity contribution in [3.63, 3.8) is 0 Å². The SMILES string of the molecule is C/C=N\c1c(C)cc(-c2c(C)nnn2C)cc1Br. The minimum absolute atomic E-state index is 0.926. The van der Waals surface area contributed by atoms with Gasteiger partial charge in [-0.2, -0.15) is 0 Å². The number of aromatic nitrogens is 3. The van der Waals surface area contributed by atoms with Crippen LogP contribution in [-0.2, 0) is 7.05 Å². The fourth-order valence-electron chi connectivity index (χ4n) is 2.02. The molecule has 0 fully saturated rings. The molecule has 1 heterocycles. The number of hydrogen-bond acceptors (Lipinski definition) is 3. The summed E-state index contributed by atoms with van der Waals surface area (Å²) in [5.74, 6) is 0. The highest BCUT2D eigenvalue weighted by Crippen LogP contribution is 2.34. The van der Waals surface area contributed by atoms with Gasteiger partial charge in [-0.3, -0.25) is 4.99 Å². The summed E-state index contributed by atoms with van der Waals surface area (Å²) in [7, 11) is 1.90. The van der Waals surface area contributed by atoms with Crippen LogP contribution in [0.2, 0.25) is 0 Å². The van der Waals surface area contributed by atoms with Gasteiger partial charge in [0.1, 0.15) is 0 Å². The van der Waals surface area contributed by atoms with Gasteiger partial charge in [0.05, 0.1) is 17.1 Å². The van der Waals surface area contributed by atoms with Gasteiger partial charge in [0, 0.05) is 23.3 Å². The van der Waals surface area contributed by atoms with Crippen molar-refractivity contribution in [3.8, 4) is 11.3 Å². The highest BCUT2D eigenvalue weighted by Gasteiger charge is 2.12. The van der Waals surface area contributed by atoms with E-state index in [0.717, 1.165) is 32.7 Å². The van der Waals surface area contributed by atoms with Gasteiger partial charge in [-0.15, -0.1) is 5.10 Å². The Bertz CT molecular complexity index is 571. The summed E-state index contributed by atoms with van der Waals surface area (Å²) >= 11 is 3.57. The summed E-state index contributed by atoms with van der Waals surface area (Å²) in [5.41, 5.74) is 5.15. The van der Waals surface area contributed by atoms with E-state index in [1.807, 2.05) is 20.9 Å². The molecule has 0 unspecified atom stereocenters. The van der Waals surface area contributed by atoms with Crippen LogP contribution in [-0.4, -0.2) is 21.2 Å². The van der Waals surface area contributed by atoms with Crippen molar-refractivity contribution in [2.75, 3.05) is 0 Å². The van der Waals surface area contributed by atoms with Crippen LogP contribution < -0.4 is 0 Å². The molecule has 0 saturated carbocycles. The molecule has 0 saturated heterocycles. The highest BCUT2D eigenvalue weighted by atomic mass is 79.9. The molecular weight excluding hydrogens is 292 g/mol. The molecule has 1 aromatic carbocycles. The van der Waals surface area contributed by atoms with Crippen LogP contribution in [0.5, 0.6) is 0 Å². The Morgan fingerprint density at radius 2 is 2.06 bits per heavy atom. The minimum Gasteiger partial charge on any atom is -0.260 e. The Labute approximate surface area is 115 Å². The first-order valence-electron chi connectivity index (χ1n) is 5.70. The molecule has 0 radical (unpaired) electrons. The first-order chi connectivity index (χ1) is 8.54. The first-order valence-corrected chi connectivity index (χ1v) is 6.49. The maximum atomic E-state index is 4.36. The zero-order chi connectivity index (χ0) is 13.3. The molecular formula is C13H15BrN4. The lowest BCUT2D eigenvalue weighted by atomic mass is 10.1. The van der Waals surface area contributed by atoms with Gasteiger partial charge in [0.25, 0.3) is 0 Å². The number of aryl methyl sites for hydroxylation is 3. The summed E-state index contributed by atoms with van der Waals surface area (Å²) in [6, 6.07) is 4.17. The van der Waals surface area contributed by atoms with Gasteiger partial charge in [-0.25, -0.2) is 4.68 Å². The van der Waals surface area contributed by atoms with Gasteiger partial charge >= 0.3 is 0 Å². The second kappa shape index (κ2) is 5.02. The van der Waals surface area contributed by atoms with Crippen molar-refractivity contribution in [2.45, 2.75) is 20.8 Å². The quantitative estimate of drug-likeness (QED) is 0.796. The molecule has 0 N–H and O–H groups in total. The maximum Gasteiger partial charge on any atom is 0.0911 e. The van der Waals surface area contributed by atoms with Crippen molar-refractivity contribution in [1.82, 2.24) is 15.0 Å². The van der Waals surface area contributed by atoms with E-state index in [1.165, 1.54) is 0 Å². The van der Waals surface area contributed by atoms with E-state index in [4.69, 9.17) is 0 Å². The third kappa shape index (κ3) is 2.22. The Kier molecular flexibility index (Phi) is 3.61. The van der Waals surface area contributed by atoms with E-state index in [2.05, 4.69) is 50.3 Å². The average Bonchev–Trinajstić information content (AvgIpc) is 2.63. The van der Waals surface area contributed by atoms with Crippen molar-refractivity contribution in [3.05, 3.63) is 27.9 Å². The zero-order valence-corrected chi connectivity index (χ0v) is 12.5. The summed E-state index contributed by atoms with van der Waals surface area (Å²) in [5, 5.41) is 8.11. The molecule has 0 aliphatic carbocycles. The van der Waals surface area contributed by atoms with Crippen LogP contribution in [0.4, 0.5) is 5.69 Å². The zero-order valence-electron chi connectivity index (χ0n) is 10.9. The van der Waals surface area contributed by atoms with E-state index < -0.39 is 0 Å². The number of aliphatic imine (C=N–C) groups is 1. The van der Waals surface area contributed by atoms with Gasteiger partial charge in [-0.1, -0.05) is 5.21 Å². The molecule has 1 aromatic heterocycles. The second-order valence-corrected chi connectivity index (χ2v) is 5.01. The Morgan fingerprint density at radius 3 is 2.56 bits per heavy atom. The van der Waals surface area contributed by atoms with Crippen molar-refractivity contribution >= 4 is 27.8 Å². The number of benzene rings is 1. The Balaban J connectivity index is 2.62. The monoisotopic (exact) mass is 306 g/mol. The molecule has 0 spiro atoms. The molecule has 0 aliphatic rings. The summed E-state index contributed by atoms with van der Waals surface area (Å²) < 4.78 is 2.77. The minimum atomic E-state index is 0.926. The van der Waals surface area contributed by atoms with Gasteiger partial charge in [0.15, 0.2) is 0 Å². The lowest BCUT2D eigenvalue weighted by molar-refractivity contribution is 0.719. The van der Waals surface area contributed by atoms with Crippen LogP contribution in [0.25, 0.3) is 11.3 Å². The second-order valence-electron chi connectivity index (χ2n) is 4.16. The number of nitrogens with zero attached hydrogens (tertiary/aromatic N) is 4. The first kappa shape index (κ1) is 13.0. The Hall–Kier alpha value is -1.49. The third-order valence-electron chi connectivity index (χ3n) is 2.78. The molecule has 94 valence electrons. The van der Waals surface area contributed by atoms with E-state index in [0.29, 0.717) is 0 Å². The van der Waals surface area contributed by atoms with Crippen molar-refractivity contribution in [1.29, 1.82) is 0 Å². The van der Waals surface area contributed by atoms with Crippen molar-refractivity contribution < 1.29 is 0 Å². The van der Waals surface area contributed by atoms with Crippen LogP contribution >= 0.6 is 15.9 Å². The fourth-order valence-corrected chi connectivity index (χ4v) is 2.68. The molecule has 0 aliphatic heterocycles. The third-order valence-corrected chi connectivity index (χ3v) is 3.39. The molecule has 2 aromatic rings. The Morgan fingerprint density at radius 1 is 1.33 bits per heavy atom. The molecule has 5 heteroatoms. The van der Waals surface area contributed by atoms with E-state index >= 15 is 0 Å². The van der Waals surface area contributed by atoms with Gasteiger partial charge < -0.3 is 0 Å². The molecule has 18 heavy (non-hydrogen) atoms. The highest BCUT2D eigenvalue weighted by molar-refractivity contribution is 9.10. The van der Waals surface area contributed by atoms with E-state index in [-0.39, 0.29) is 0 Å². The molecule has 0 bridgehead atoms. The predicted molar refractivity (Wildman–Crippen MR) is 77.4 cm³/mol. The van der Waals surface area contributed by atoms with E-state index in [9.17, 15) is 0 Å². The number of hydrogen-bond donors (Lipinski definition) is 0. The molecule has 2 rings (SSSR count). The lowest BCUT2D eigenvalue weighted by Crippen LogP contribution is -1.95. The topological polar surface area (TPSA) is 43.1 Å². The normalized spacial score (nSPS) is 11.4. The van der Waals surface area contributed by atoms with Crippen LogP contribution in [0.15, 0.2) is 21.6 Å². The summed E-state index contributed by atoms with van der Waals surface area (Å²) in [4.78, 5) is 4.36. The number of rotatable bonds is 2. The molecule has 0 atom stereocenters.